The summed E-state index contributed by atoms with van der Waals surface area (Å²) in [6.45, 7) is 6.11. The molecule has 1 aromatic heterocycles. The Labute approximate surface area is 198 Å². The number of nitrogens with one attached hydrogen (secondary N) is 1. The normalized spacial score (nSPS) is 21.7. The Bertz CT molecular complexity index is 996. The van der Waals surface area contributed by atoms with Crippen LogP contribution >= 0.6 is 34.7 Å². The fraction of sp³-hybridized carbons (Fsp3) is 0.429. The largest absolute Gasteiger partial charge is 0.461 e. The van der Waals surface area contributed by atoms with E-state index in [1.165, 1.54) is 40.5 Å². The number of carbonyl (C=O) groups is 4. The number of esters is 2. The number of fused-ring (bicyclic) bond motifs is 1. The van der Waals surface area contributed by atoms with Gasteiger partial charge in [0.2, 0.25) is 5.91 Å². The van der Waals surface area contributed by atoms with Crippen LogP contribution in [0.4, 0.5) is 0 Å². The van der Waals surface area contributed by atoms with Crippen LogP contribution in [0.1, 0.15) is 32.6 Å². The monoisotopic (exact) mass is 498 g/mol. The first-order chi connectivity index (χ1) is 15.0. The summed E-state index contributed by atoms with van der Waals surface area (Å²) in [5.41, 5.74) is 0.690. The number of β-lactam (4-membered cyclic amide) rings is 1. The Hall–Kier alpha value is -2.30. The highest BCUT2D eigenvalue weighted by molar-refractivity contribution is 8.04. The van der Waals surface area contributed by atoms with Gasteiger partial charge in [-0.15, -0.1) is 11.3 Å². The van der Waals surface area contributed by atoms with Crippen LogP contribution in [0.5, 0.6) is 0 Å². The molecule has 2 aliphatic rings. The van der Waals surface area contributed by atoms with Crippen molar-refractivity contribution >= 4 is 58.5 Å². The molecule has 1 saturated heterocycles. The maximum atomic E-state index is 13.0. The van der Waals surface area contributed by atoms with E-state index in [9.17, 15) is 19.2 Å². The molecule has 0 radical (unpaired) electrons. The van der Waals surface area contributed by atoms with Gasteiger partial charge < -0.3 is 14.8 Å². The zero-order chi connectivity index (χ0) is 23.6. The van der Waals surface area contributed by atoms with Crippen molar-refractivity contribution in [3.63, 3.8) is 0 Å². The van der Waals surface area contributed by atoms with Gasteiger partial charge in [0.1, 0.15) is 29.3 Å². The maximum Gasteiger partial charge on any atom is 0.356 e. The van der Waals surface area contributed by atoms with E-state index in [-0.39, 0.29) is 30.2 Å². The highest BCUT2D eigenvalue weighted by Crippen LogP contribution is 2.47. The lowest BCUT2D eigenvalue weighted by atomic mass is 10.0. The lowest BCUT2D eigenvalue weighted by Gasteiger charge is -2.50. The van der Waals surface area contributed by atoms with E-state index in [0.29, 0.717) is 4.91 Å². The summed E-state index contributed by atoms with van der Waals surface area (Å²) in [5.74, 6) is -2.03. The number of hydrogen-bond acceptors (Lipinski definition) is 8. The summed E-state index contributed by atoms with van der Waals surface area (Å²) in [4.78, 5) is 52.4. The fourth-order valence-corrected chi connectivity index (χ4v) is 5.40. The first-order valence-electron chi connectivity index (χ1n) is 9.74. The SMILES string of the molecule is CC(=O)OCC1=C(C(=O)OC(C)(C)C)N2C(=O)C(NC(=O)Cc3cccs3)[C@@H]2SC1=CCl. The molecule has 3 rings (SSSR count). The summed E-state index contributed by atoms with van der Waals surface area (Å²) < 4.78 is 10.6. The number of carbonyl (C=O) groups excluding carboxylic acids is 4. The van der Waals surface area contributed by atoms with Crippen LogP contribution < -0.4 is 5.32 Å². The topological polar surface area (TPSA) is 102 Å². The second-order valence-electron chi connectivity index (χ2n) is 8.10. The highest BCUT2D eigenvalue weighted by Gasteiger charge is 2.56. The highest BCUT2D eigenvalue weighted by atomic mass is 35.5. The Morgan fingerprint density at radius 1 is 1.31 bits per heavy atom. The molecule has 2 amide bonds. The van der Waals surface area contributed by atoms with Gasteiger partial charge in [0.25, 0.3) is 5.91 Å². The summed E-state index contributed by atoms with van der Waals surface area (Å²) in [6, 6.07) is 2.86. The molecule has 0 saturated carbocycles. The second-order valence-corrected chi connectivity index (χ2v) is 10.5. The van der Waals surface area contributed by atoms with Crippen LogP contribution in [0.25, 0.3) is 0 Å². The van der Waals surface area contributed by atoms with E-state index >= 15 is 0 Å². The van der Waals surface area contributed by atoms with Gasteiger partial charge in [0.05, 0.1) is 6.42 Å². The maximum absolute atomic E-state index is 13.0. The molecule has 1 fully saturated rings. The molecule has 1 aromatic rings. The Balaban J connectivity index is 1.88. The van der Waals surface area contributed by atoms with E-state index in [1.807, 2.05) is 17.5 Å². The molecule has 1 unspecified atom stereocenters. The van der Waals surface area contributed by atoms with Crippen molar-refractivity contribution in [1.29, 1.82) is 0 Å². The zero-order valence-electron chi connectivity index (χ0n) is 18.0. The van der Waals surface area contributed by atoms with E-state index in [4.69, 9.17) is 21.1 Å². The third-order valence-corrected chi connectivity index (χ3v) is 7.02. The summed E-state index contributed by atoms with van der Waals surface area (Å²) in [7, 11) is 0. The number of halogens is 1. The van der Waals surface area contributed by atoms with Gasteiger partial charge in [-0.25, -0.2) is 4.79 Å². The number of nitrogens with zero attached hydrogens (tertiary/aromatic N) is 1. The Kier molecular flexibility index (Phi) is 7.36. The molecular weight excluding hydrogens is 476 g/mol. The summed E-state index contributed by atoms with van der Waals surface area (Å²) in [6.07, 6.45) is 0.156. The van der Waals surface area contributed by atoms with E-state index in [2.05, 4.69) is 5.32 Å². The second kappa shape index (κ2) is 9.68. The number of thiophene rings is 1. The van der Waals surface area contributed by atoms with Gasteiger partial charge >= 0.3 is 11.9 Å². The van der Waals surface area contributed by atoms with Crippen molar-refractivity contribution in [2.24, 2.45) is 0 Å². The molecule has 0 spiro atoms. The van der Waals surface area contributed by atoms with Crippen molar-refractivity contribution in [1.82, 2.24) is 10.2 Å². The third kappa shape index (κ3) is 5.36. The van der Waals surface area contributed by atoms with Crippen LogP contribution in [0.3, 0.4) is 0 Å². The van der Waals surface area contributed by atoms with Gasteiger partial charge in [-0.3, -0.25) is 19.3 Å². The third-order valence-electron chi connectivity index (χ3n) is 4.46. The molecule has 3 heterocycles. The molecule has 0 aliphatic carbocycles. The molecule has 11 heteroatoms. The predicted octanol–water partition coefficient (Wildman–Crippen LogP) is 2.93. The van der Waals surface area contributed by atoms with Crippen LogP contribution in [0.2, 0.25) is 0 Å². The van der Waals surface area contributed by atoms with Crippen molar-refractivity contribution in [3.05, 3.63) is 44.1 Å². The van der Waals surface area contributed by atoms with Crippen LogP contribution in [0, 0.1) is 0 Å². The minimum Gasteiger partial charge on any atom is -0.461 e. The molecule has 0 bridgehead atoms. The average molecular weight is 499 g/mol. The van der Waals surface area contributed by atoms with Gasteiger partial charge in [-0.2, -0.15) is 0 Å². The molecule has 0 aromatic carbocycles. The summed E-state index contributed by atoms with van der Waals surface area (Å²) in [5, 5.41) is 4.04. The molecule has 32 heavy (non-hydrogen) atoms. The first-order valence-corrected chi connectivity index (χ1v) is 11.9. The number of amides is 2. The number of thioether (sulfide) groups is 1. The van der Waals surface area contributed by atoms with Crippen molar-refractivity contribution in [2.75, 3.05) is 6.61 Å². The van der Waals surface area contributed by atoms with E-state index in [1.54, 1.807) is 20.8 Å². The minimum atomic E-state index is -0.827. The van der Waals surface area contributed by atoms with Gasteiger partial charge in [-0.1, -0.05) is 29.4 Å². The van der Waals surface area contributed by atoms with Crippen LogP contribution in [-0.2, 0) is 35.1 Å². The number of rotatable bonds is 6. The lowest BCUT2D eigenvalue weighted by molar-refractivity contribution is -0.159. The minimum absolute atomic E-state index is 0.0365. The molecule has 2 atom stereocenters. The fourth-order valence-electron chi connectivity index (χ4n) is 3.17. The van der Waals surface area contributed by atoms with Gasteiger partial charge in [0, 0.05) is 27.8 Å². The lowest BCUT2D eigenvalue weighted by Crippen LogP contribution is -2.70. The predicted molar refractivity (Wildman–Crippen MR) is 122 cm³/mol. The number of hydrogen-bond donors (Lipinski definition) is 1. The van der Waals surface area contributed by atoms with E-state index in [0.717, 1.165) is 4.88 Å². The van der Waals surface area contributed by atoms with Crippen LogP contribution in [-0.4, -0.2) is 52.3 Å². The number of ether oxygens (including phenoxy) is 2. The van der Waals surface area contributed by atoms with Crippen LogP contribution in [0.15, 0.2) is 39.2 Å². The summed E-state index contributed by atoms with van der Waals surface area (Å²) >= 11 is 8.67. The molecule has 8 nitrogen and oxygen atoms in total. The Morgan fingerprint density at radius 2 is 2.03 bits per heavy atom. The quantitative estimate of drug-likeness (QED) is 0.475. The molecule has 1 N–H and O–H groups in total. The van der Waals surface area contributed by atoms with Crippen molar-refractivity contribution in [3.8, 4) is 0 Å². The van der Waals surface area contributed by atoms with Crippen molar-refractivity contribution in [2.45, 2.75) is 51.1 Å². The standard InChI is InChI=1S/C21H23ClN2O6S2/c1-11(25)29-10-13-14(9-22)32-19-16(23-15(26)8-12-6-5-7-31-12)18(27)24(19)17(13)20(28)30-21(2,3)4/h5-7,9,16,19H,8,10H2,1-4H3,(H,23,26)/t16?,19-/m0/s1. The first kappa shape index (κ1) is 24.3. The van der Waals surface area contributed by atoms with Gasteiger partial charge in [-0.05, 0) is 32.2 Å². The van der Waals surface area contributed by atoms with Gasteiger partial charge in [0.15, 0.2) is 0 Å². The molecular formula is C21H23ClN2O6S2. The molecule has 2 aliphatic heterocycles. The van der Waals surface area contributed by atoms with E-state index < -0.39 is 34.9 Å². The van der Waals surface area contributed by atoms with Crippen molar-refractivity contribution < 1.29 is 28.7 Å². The Morgan fingerprint density at radius 3 is 2.59 bits per heavy atom. The molecule has 172 valence electrons. The zero-order valence-corrected chi connectivity index (χ0v) is 20.4. The smallest absolute Gasteiger partial charge is 0.356 e. The average Bonchev–Trinajstić information content (AvgIpc) is 3.20.